The average molecular weight is 348 g/mol. The summed E-state index contributed by atoms with van der Waals surface area (Å²) in [5.74, 6) is 2.11. The highest BCUT2D eigenvalue weighted by molar-refractivity contribution is 9.10. The number of aromatic nitrogens is 2. The van der Waals surface area contributed by atoms with Crippen LogP contribution >= 0.6 is 15.9 Å². The quantitative estimate of drug-likeness (QED) is 0.852. The van der Waals surface area contributed by atoms with Crippen LogP contribution in [0.5, 0.6) is 0 Å². The van der Waals surface area contributed by atoms with Crippen molar-refractivity contribution in [1.82, 2.24) is 9.97 Å². The van der Waals surface area contributed by atoms with Gasteiger partial charge >= 0.3 is 0 Å². The van der Waals surface area contributed by atoms with Gasteiger partial charge in [0.1, 0.15) is 11.6 Å². The van der Waals surface area contributed by atoms with E-state index in [1.807, 2.05) is 0 Å². The molecule has 0 amide bonds. The largest absolute Gasteiger partial charge is 0.369 e. The Bertz CT molecular complexity index is 606. The van der Waals surface area contributed by atoms with Crippen LogP contribution in [-0.2, 0) is 6.42 Å². The van der Waals surface area contributed by atoms with Crippen LogP contribution in [0.25, 0.3) is 0 Å². The number of halogens is 1. The summed E-state index contributed by atoms with van der Waals surface area (Å²) in [6.45, 7) is 9.32. The minimum absolute atomic E-state index is 0.358. The predicted octanol–water partition coefficient (Wildman–Crippen LogP) is 4.69. The molecule has 112 valence electrons. The van der Waals surface area contributed by atoms with Crippen molar-refractivity contribution in [2.45, 2.75) is 40.0 Å². The van der Waals surface area contributed by atoms with Gasteiger partial charge in [0.05, 0.1) is 10.2 Å². The second-order valence-corrected chi connectivity index (χ2v) is 6.33. The number of nitrogens with one attached hydrogen (secondary N) is 1. The maximum atomic E-state index is 4.73. The van der Waals surface area contributed by atoms with Crippen molar-refractivity contribution < 1.29 is 0 Å². The van der Waals surface area contributed by atoms with E-state index in [0.717, 1.165) is 34.8 Å². The fourth-order valence-electron chi connectivity index (χ4n) is 2.15. The molecule has 0 bridgehead atoms. The fourth-order valence-corrected chi connectivity index (χ4v) is 2.92. The van der Waals surface area contributed by atoms with Crippen LogP contribution in [0, 0.1) is 6.92 Å². The third kappa shape index (κ3) is 4.03. The number of benzene rings is 1. The molecule has 0 atom stereocenters. The van der Waals surface area contributed by atoms with Crippen molar-refractivity contribution in [2.75, 3.05) is 11.9 Å². The van der Waals surface area contributed by atoms with Gasteiger partial charge in [0.2, 0.25) is 0 Å². The fraction of sp³-hybridized carbons (Fsp3) is 0.412. The summed E-state index contributed by atoms with van der Waals surface area (Å²) < 4.78 is 0.979. The maximum absolute atomic E-state index is 4.73. The molecule has 1 N–H and O–H groups in total. The molecule has 0 spiro atoms. The van der Waals surface area contributed by atoms with Crippen molar-refractivity contribution in [2.24, 2.45) is 0 Å². The Hall–Kier alpha value is -1.42. The van der Waals surface area contributed by atoms with E-state index in [1.165, 1.54) is 11.1 Å². The van der Waals surface area contributed by atoms with E-state index in [0.29, 0.717) is 5.92 Å². The topological polar surface area (TPSA) is 37.8 Å². The lowest BCUT2D eigenvalue weighted by Gasteiger charge is -2.14. The van der Waals surface area contributed by atoms with Gasteiger partial charge in [0.15, 0.2) is 0 Å². The standard InChI is InChI=1S/C17H22BrN3/c1-5-19-17-15(18)16(11(2)3)20-14(21-17)10-13-8-6-12(4)7-9-13/h6-9,11H,5,10H2,1-4H3,(H,19,20,21). The van der Waals surface area contributed by atoms with Gasteiger partial charge in [-0.1, -0.05) is 43.7 Å². The van der Waals surface area contributed by atoms with Crippen LogP contribution in [0.4, 0.5) is 5.82 Å². The van der Waals surface area contributed by atoms with Crippen LogP contribution < -0.4 is 5.32 Å². The smallest absolute Gasteiger partial charge is 0.144 e. The van der Waals surface area contributed by atoms with Crippen molar-refractivity contribution in [3.05, 3.63) is 51.4 Å². The van der Waals surface area contributed by atoms with Gasteiger partial charge in [0, 0.05) is 13.0 Å². The number of nitrogens with zero attached hydrogens (tertiary/aromatic N) is 2. The Morgan fingerprint density at radius 3 is 2.38 bits per heavy atom. The van der Waals surface area contributed by atoms with Crippen molar-refractivity contribution in [3.63, 3.8) is 0 Å². The second-order valence-electron chi connectivity index (χ2n) is 5.54. The van der Waals surface area contributed by atoms with Crippen LogP contribution in [0.15, 0.2) is 28.7 Å². The Balaban J connectivity index is 2.36. The highest BCUT2D eigenvalue weighted by atomic mass is 79.9. The molecule has 21 heavy (non-hydrogen) atoms. The third-order valence-electron chi connectivity index (χ3n) is 3.30. The molecule has 1 aromatic carbocycles. The van der Waals surface area contributed by atoms with Crippen LogP contribution in [0.3, 0.4) is 0 Å². The maximum Gasteiger partial charge on any atom is 0.144 e. The zero-order valence-corrected chi connectivity index (χ0v) is 14.7. The van der Waals surface area contributed by atoms with E-state index in [1.54, 1.807) is 0 Å². The van der Waals surface area contributed by atoms with Crippen LogP contribution in [-0.4, -0.2) is 16.5 Å². The predicted molar refractivity (Wildman–Crippen MR) is 92.0 cm³/mol. The minimum atomic E-state index is 0.358. The van der Waals surface area contributed by atoms with Gasteiger partial charge < -0.3 is 5.32 Å². The van der Waals surface area contributed by atoms with Crippen molar-refractivity contribution in [1.29, 1.82) is 0 Å². The molecule has 0 unspecified atom stereocenters. The van der Waals surface area contributed by atoms with E-state index in [4.69, 9.17) is 4.98 Å². The van der Waals surface area contributed by atoms with Gasteiger partial charge in [-0.05, 0) is 41.3 Å². The van der Waals surface area contributed by atoms with Crippen LogP contribution in [0.2, 0.25) is 0 Å². The number of hydrogen-bond donors (Lipinski definition) is 1. The molecule has 2 aromatic rings. The first-order valence-electron chi connectivity index (χ1n) is 7.37. The van der Waals surface area contributed by atoms with E-state index >= 15 is 0 Å². The number of hydrogen-bond acceptors (Lipinski definition) is 3. The first-order valence-corrected chi connectivity index (χ1v) is 8.16. The number of rotatable bonds is 5. The third-order valence-corrected chi connectivity index (χ3v) is 4.08. The molecule has 0 fully saturated rings. The summed E-state index contributed by atoms with van der Waals surface area (Å²) in [6, 6.07) is 8.54. The SMILES string of the molecule is CCNc1nc(Cc2ccc(C)cc2)nc(C(C)C)c1Br. The van der Waals surface area contributed by atoms with E-state index in [-0.39, 0.29) is 0 Å². The van der Waals surface area contributed by atoms with Gasteiger partial charge in [0.25, 0.3) is 0 Å². The summed E-state index contributed by atoms with van der Waals surface area (Å²) >= 11 is 3.62. The molecule has 0 aliphatic carbocycles. The highest BCUT2D eigenvalue weighted by Gasteiger charge is 2.14. The molecular formula is C17H22BrN3. The summed E-state index contributed by atoms with van der Waals surface area (Å²) in [7, 11) is 0. The number of aryl methyl sites for hydroxylation is 1. The first-order chi connectivity index (χ1) is 10.0. The van der Waals surface area contributed by atoms with E-state index in [9.17, 15) is 0 Å². The van der Waals surface area contributed by atoms with Gasteiger partial charge in [-0.25, -0.2) is 9.97 Å². The molecule has 0 radical (unpaired) electrons. The zero-order chi connectivity index (χ0) is 15.4. The Labute approximate surface area is 135 Å². The molecule has 3 nitrogen and oxygen atoms in total. The van der Waals surface area contributed by atoms with Gasteiger partial charge in [-0.2, -0.15) is 0 Å². The second kappa shape index (κ2) is 7.03. The molecule has 1 aromatic heterocycles. The molecule has 1 heterocycles. The molecule has 4 heteroatoms. The lowest BCUT2D eigenvalue weighted by Crippen LogP contribution is -2.09. The number of anilines is 1. The summed E-state index contributed by atoms with van der Waals surface area (Å²) in [4.78, 5) is 9.39. The lowest BCUT2D eigenvalue weighted by atomic mass is 10.1. The Morgan fingerprint density at radius 1 is 1.14 bits per heavy atom. The summed E-state index contributed by atoms with van der Waals surface area (Å²) in [6.07, 6.45) is 0.756. The Kier molecular flexibility index (Phi) is 5.34. The zero-order valence-electron chi connectivity index (χ0n) is 13.1. The van der Waals surface area contributed by atoms with E-state index < -0.39 is 0 Å². The molecule has 0 saturated carbocycles. The normalized spacial score (nSPS) is 11.0. The van der Waals surface area contributed by atoms with Gasteiger partial charge in [-0.15, -0.1) is 0 Å². The minimum Gasteiger partial charge on any atom is -0.369 e. The molecule has 0 aliphatic heterocycles. The first kappa shape index (κ1) is 16.0. The molecular weight excluding hydrogens is 326 g/mol. The monoisotopic (exact) mass is 347 g/mol. The Morgan fingerprint density at radius 2 is 1.81 bits per heavy atom. The summed E-state index contributed by atoms with van der Waals surface area (Å²) in [5.41, 5.74) is 3.56. The molecule has 0 aliphatic rings. The van der Waals surface area contributed by atoms with Crippen LogP contribution in [0.1, 0.15) is 49.3 Å². The molecule has 2 rings (SSSR count). The van der Waals surface area contributed by atoms with Crippen molar-refractivity contribution in [3.8, 4) is 0 Å². The summed E-state index contributed by atoms with van der Waals surface area (Å²) in [5, 5.41) is 3.31. The molecule has 0 saturated heterocycles. The van der Waals surface area contributed by atoms with E-state index in [2.05, 4.69) is 78.2 Å². The average Bonchev–Trinajstić information content (AvgIpc) is 2.44. The van der Waals surface area contributed by atoms with Crippen molar-refractivity contribution >= 4 is 21.7 Å². The lowest BCUT2D eigenvalue weighted by molar-refractivity contribution is 0.784. The van der Waals surface area contributed by atoms with Gasteiger partial charge in [-0.3, -0.25) is 0 Å². The highest BCUT2D eigenvalue weighted by Crippen LogP contribution is 2.29.